The van der Waals surface area contributed by atoms with Crippen molar-refractivity contribution in [3.05, 3.63) is 64.4 Å². The van der Waals surface area contributed by atoms with E-state index in [9.17, 15) is 4.79 Å². The average molecular weight is 550 g/mol. The van der Waals surface area contributed by atoms with Gasteiger partial charge in [-0.3, -0.25) is 4.79 Å². The molecule has 1 amide bonds. The van der Waals surface area contributed by atoms with E-state index >= 15 is 0 Å². The Hall–Kier alpha value is -3.56. The molecule has 0 radical (unpaired) electrons. The summed E-state index contributed by atoms with van der Waals surface area (Å²) in [5.41, 5.74) is 5.51. The van der Waals surface area contributed by atoms with E-state index in [1.165, 1.54) is 18.5 Å². The summed E-state index contributed by atoms with van der Waals surface area (Å²) in [5, 5.41) is 6.50. The zero-order valence-corrected chi connectivity index (χ0v) is 23.8. The smallest absolute Gasteiger partial charge is 0.251 e. The molecule has 206 valence electrons. The second kappa shape index (κ2) is 11.7. The molecule has 0 aliphatic carbocycles. The minimum absolute atomic E-state index is 0.190. The molecule has 1 saturated heterocycles. The Bertz CT molecular complexity index is 1320. The van der Waals surface area contributed by atoms with Crippen LogP contribution in [0.3, 0.4) is 0 Å². The molecule has 0 saturated carbocycles. The highest BCUT2D eigenvalue weighted by Crippen LogP contribution is 2.38. The van der Waals surface area contributed by atoms with Crippen LogP contribution in [0, 0.1) is 0 Å². The van der Waals surface area contributed by atoms with Crippen molar-refractivity contribution in [1.82, 2.24) is 20.2 Å². The predicted octanol–water partition coefficient (Wildman–Crippen LogP) is 4.33. The molecular formula is C29H36ClN7O2. The van der Waals surface area contributed by atoms with Crippen LogP contribution >= 0.6 is 11.6 Å². The molecule has 0 unspecified atom stereocenters. The SMILES string of the molecule is CNC(=O)c1cc(OC)c(Cl)c(N2CCc3nc(Nc4ccc(N5CCC(N(C)C)CC5)cc4)ncc3C2)c1. The van der Waals surface area contributed by atoms with Crippen molar-refractivity contribution < 1.29 is 9.53 Å². The van der Waals surface area contributed by atoms with Crippen LogP contribution in [-0.4, -0.2) is 74.7 Å². The van der Waals surface area contributed by atoms with Crippen molar-refractivity contribution in [2.24, 2.45) is 0 Å². The van der Waals surface area contributed by atoms with E-state index in [1.807, 2.05) is 6.20 Å². The molecule has 3 heterocycles. The molecule has 0 spiro atoms. The van der Waals surface area contributed by atoms with E-state index in [2.05, 4.69) is 68.7 Å². The van der Waals surface area contributed by atoms with Crippen LogP contribution in [0.5, 0.6) is 5.75 Å². The van der Waals surface area contributed by atoms with E-state index < -0.39 is 0 Å². The average Bonchev–Trinajstić information content (AvgIpc) is 2.97. The second-order valence-corrected chi connectivity index (χ2v) is 10.7. The van der Waals surface area contributed by atoms with Gasteiger partial charge < -0.3 is 30.1 Å². The number of fused-ring (bicyclic) bond motifs is 1. The maximum absolute atomic E-state index is 12.3. The fraction of sp³-hybridized carbons (Fsp3) is 0.414. The molecule has 10 heteroatoms. The maximum atomic E-state index is 12.3. The lowest BCUT2D eigenvalue weighted by atomic mass is 10.0. The largest absolute Gasteiger partial charge is 0.495 e. The molecule has 39 heavy (non-hydrogen) atoms. The molecule has 0 atom stereocenters. The third-order valence-electron chi connectivity index (χ3n) is 7.69. The van der Waals surface area contributed by atoms with Crippen molar-refractivity contribution in [2.75, 3.05) is 63.0 Å². The Morgan fingerprint density at radius 3 is 2.51 bits per heavy atom. The molecule has 2 aromatic carbocycles. The van der Waals surface area contributed by atoms with E-state index in [1.54, 1.807) is 26.3 Å². The van der Waals surface area contributed by atoms with Gasteiger partial charge >= 0.3 is 0 Å². The van der Waals surface area contributed by atoms with Crippen molar-refractivity contribution in [2.45, 2.75) is 31.8 Å². The normalized spacial score (nSPS) is 15.7. The number of methoxy groups -OCH3 is 1. The third kappa shape index (κ3) is 5.89. The van der Waals surface area contributed by atoms with Crippen molar-refractivity contribution in [3.8, 4) is 5.75 Å². The number of aromatic nitrogens is 2. The second-order valence-electron chi connectivity index (χ2n) is 10.3. The van der Waals surface area contributed by atoms with Crippen LogP contribution in [0.4, 0.5) is 23.0 Å². The number of carbonyl (C=O) groups is 1. The maximum Gasteiger partial charge on any atom is 0.251 e. The number of carbonyl (C=O) groups excluding carboxylic acids is 1. The van der Waals surface area contributed by atoms with Gasteiger partial charge in [-0.1, -0.05) is 11.6 Å². The van der Waals surface area contributed by atoms with Crippen molar-refractivity contribution in [3.63, 3.8) is 0 Å². The molecule has 1 aromatic heterocycles. The summed E-state index contributed by atoms with van der Waals surface area (Å²) in [4.78, 5) is 28.6. The Kier molecular flexibility index (Phi) is 8.09. The number of piperidine rings is 1. The van der Waals surface area contributed by atoms with Crippen LogP contribution < -0.4 is 25.2 Å². The van der Waals surface area contributed by atoms with Gasteiger partial charge in [0.05, 0.1) is 18.5 Å². The van der Waals surface area contributed by atoms with Crippen LogP contribution in [0.2, 0.25) is 5.02 Å². The van der Waals surface area contributed by atoms with E-state index in [0.717, 1.165) is 42.1 Å². The minimum atomic E-state index is -0.190. The number of benzene rings is 2. The first-order valence-corrected chi connectivity index (χ1v) is 13.7. The van der Waals surface area contributed by atoms with Crippen molar-refractivity contribution in [1.29, 1.82) is 0 Å². The number of ether oxygens (including phenoxy) is 1. The molecule has 2 N–H and O–H groups in total. The number of nitrogens with zero attached hydrogens (tertiary/aromatic N) is 5. The van der Waals surface area contributed by atoms with Gasteiger partial charge in [-0.05, 0) is 63.3 Å². The predicted molar refractivity (Wildman–Crippen MR) is 157 cm³/mol. The van der Waals surface area contributed by atoms with Gasteiger partial charge in [-0.15, -0.1) is 0 Å². The Morgan fingerprint density at radius 1 is 1.10 bits per heavy atom. The van der Waals surface area contributed by atoms with Gasteiger partial charge in [-0.2, -0.15) is 0 Å². The molecule has 1 fully saturated rings. The van der Waals surface area contributed by atoms with Crippen LogP contribution in [0.25, 0.3) is 0 Å². The van der Waals surface area contributed by atoms with Crippen LogP contribution in [-0.2, 0) is 13.0 Å². The fourth-order valence-electron chi connectivity index (χ4n) is 5.34. The number of hydrogen-bond donors (Lipinski definition) is 2. The highest BCUT2D eigenvalue weighted by atomic mass is 35.5. The van der Waals surface area contributed by atoms with E-state index in [4.69, 9.17) is 21.3 Å². The van der Waals surface area contributed by atoms with Gasteiger partial charge in [0.2, 0.25) is 5.95 Å². The van der Waals surface area contributed by atoms with E-state index in [0.29, 0.717) is 41.4 Å². The first-order chi connectivity index (χ1) is 18.9. The molecule has 3 aromatic rings. The molecule has 9 nitrogen and oxygen atoms in total. The molecule has 5 rings (SSSR count). The van der Waals surface area contributed by atoms with Crippen LogP contribution in [0.1, 0.15) is 34.5 Å². The van der Waals surface area contributed by atoms with Gasteiger partial charge in [0.15, 0.2) is 0 Å². The minimum Gasteiger partial charge on any atom is -0.495 e. The lowest BCUT2D eigenvalue weighted by Gasteiger charge is -2.36. The number of amides is 1. The van der Waals surface area contributed by atoms with Gasteiger partial charge in [-0.25, -0.2) is 9.97 Å². The highest BCUT2D eigenvalue weighted by Gasteiger charge is 2.24. The summed E-state index contributed by atoms with van der Waals surface area (Å²) < 4.78 is 5.43. The Morgan fingerprint density at radius 2 is 1.85 bits per heavy atom. The summed E-state index contributed by atoms with van der Waals surface area (Å²) in [5.74, 6) is 0.867. The summed E-state index contributed by atoms with van der Waals surface area (Å²) in [6.45, 7) is 3.46. The number of nitrogens with one attached hydrogen (secondary N) is 2. The zero-order valence-electron chi connectivity index (χ0n) is 23.0. The van der Waals surface area contributed by atoms with Crippen molar-refractivity contribution >= 4 is 40.5 Å². The molecule has 0 bridgehead atoms. The lowest BCUT2D eigenvalue weighted by molar-refractivity contribution is 0.0962. The highest BCUT2D eigenvalue weighted by molar-refractivity contribution is 6.35. The molecule has 2 aliphatic heterocycles. The van der Waals surface area contributed by atoms with Crippen LogP contribution in [0.15, 0.2) is 42.6 Å². The molecular weight excluding hydrogens is 514 g/mol. The first-order valence-electron chi connectivity index (χ1n) is 13.3. The lowest BCUT2D eigenvalue weighted by Crippen LogP contribution is -2.41. The monoisotopic (exact) mass is 549 g/mol. The van der Waals surface area contributed by atoms with Gasteiger partial charge in [0.25, 0.3) is 5.91 Å². The number of anilines is 4. The summed E-state index contributed by atoms with van der Waals surface area (Å²) in [7, 11) is 7.49. The topological polar surface area (TPSA) is 85.9 Å². The molecule has 2 aliphatic rings. The van der Waals surface area contributed by atoms with E-state index in [-0.39, 0.29) is 5.91 Å². The number of rotatable bonds is 7. The van der Waals surface area contributed by atoms with Gasteiger partial charge in [0, 0.05) is 74.4 Å². The third-order valence-corrected chi connectivity index (χ3v) is 8.07. The Labute approximate surface area is 235 Å². The summed E-state index contributed by atoms with van der Waals surface area (Å²) in [6, 6.07) is 12.6. The summed E-state index contributed by atoms with van der Waals surface area (Å²) in [6.07, 6.45) is 4.98. The number of hydrogen-bond acceptors (Lipinski definition) is 8. The Balaban J connectivity index is 1.25. The summed E-state index contributed by atoms with van der Waals surface area (Å²) >= 11 is 6.64. The zero-order chi connectivity index (χ0) is 27.5. The number of halogens is 1. The standard InChI is InChI=1S/C29H36ClN7O2/c1-31-28(38)19-15-25(27(30)26(16-19)39-4)37-14-11-24-20(18-37)17-32-29(34-24)33-21-5-7-23(8-6-21)36-12-9-22(10-13-36)35(2)3/h5-8,15-17,22H,9-14,18H2,1-4H3,(H,31,38)(H,32,33,34). The first kappa shape index (κ1) is 27.0. The van der Waals surface area contributed by atoms with Gasteiger partial charge in [0.1, 0.15) is 10.8 Å². The fourth-order valence-corrected chi connectivity index (χ4v) is 5.65. The quantitative estimate of drug-likeness (QED) is 0.450.